The van der Waals surface area contributed by atoms with E-state index < -0.39 is 11.8 Å². The maximum Gasteiger partial charge on any atom is 0.328 e. The predicted molar refractivity (Wildman–Crippen MR) is 47.5 cm³/mol. The number of halogens is 1. The number of anilines is 1. The summed E-state index contributed by atoms with van der Waals surface area (Å²) in [6.07, 6.45) is 2.31. The fourth-order valence-electron chi connectivity index (χ4n) is 0.833. The Kier molecular flexibility index (Phi) is 2.64. The van der Waals surface area contributed by atoms with Gasteiger partial charge in [0.25, 0.3) is 0 Å². The molecule has 0 unspecified atom stereocenters. The molecule has 13 heavy (non-hydrogen) atoms. The largest absolute Gasteiger partial charge is 0.478 e. The van der Waals surface area contributed by atoms with Crippen molar-refractivity contribution in [3.63, 3.8) is 0 Å². The van der Waals surface area contributed by atoms with Crippen LogP contribution >= 0.6 is 0 Å². The fourth-order valence-corrected chi connectivity index (χ4v) is 0.833. The number of hydrogen-bond acceptors (Lipinski definition) is 2. The van der Waals surface area contributed by atoms with Crippen LogP contribution in [-0.2, 0) is 4.79 Å². The van der Waals surface area contributed by atoms with Crippen molar-refractivity contribution in [1.29, 1.82) is 0 Å². The Labute approximate surface area is 74.3 Å². The van der Waals surface area contributed by atoms with Gasteiger partial charge in [-0.1, -0.05) is 6.07 Å². The zero-order valence-corrected chi connectivity index (χ0v) is 6.70. The van der Waals surface area contributed by atoms with Gasteiger partial charge in [-0.3, -0.25) is 0 Å². The molecular weight excluding hydrogens is 173 g/mol. The van der Waals surface area contributed by atoms with Gasteiger partial charge in [-0.2, -0.15) is 0 Å². The molecular formula is C9H8FNO2. The van der Waals surface area contributed by atoms with Crippen LogP contribution in [0.2, 0.25) is 0 Å². The molecule has 0 aromatic heterocycles. The summed E-state index contributed by atoms with van der Waals surface area (Å²) in [5, 5.41) is 8.31. The van der Waals surface area contributed by atoms with Crippen molar-refractivity contribution in [2.45, 2.75) is 0 Å². The summed E-state index contributed by atoms with van der Waals surface area (Å²) in [6, 6.07) is 4.01. The van der Waals surface area contributed by atoms with Gasteiger partial charge in [0.15, 0.2) is 0 Å². The van der Waals surface area contributed by atoms with Crippen molar-refractivity contribution in [1.82, 2.24) is 0 Å². The van der Waals surface area contributed by atoms with Crippen LogP contribution in [-0.4, -0.2) is 11.1 Å². The second-order valence-corrected chi connectivity index (χ2v) is 2.45. The summed E-state index contributed by atoms with van der Waals surface area (Å²) >= 11 is 0. The lowest BCUT2D eigenvalue weighted by Gasteiger charge is -1.96. The standard InChI is InChI=1S/C9H8FNO2/c10-7-3-1-6(5-8(7)11)2-4-9(12)13/h1-5H,11H2,(H,12,13). The van der Waals surface area contributed by atoms with Crippen LogP contribution in [0.15, 0.2) is 24.3 Å². The molecule has 0 heterocycles. The number of rotatable bonds is 2. The molecule has 0 saturated heterocycles. The second-order valence-electron chi connectivity index (χ2n) is 2.45. The monoisotopic (exact) mass is 181 g/mol. The molecule has 0 fully saturated rings. The van der Waals surface area contributed by atoms with Gasteiger partial charge in [0, 0.05) is 6.08 Å². The van der Waals surface area contributed by atoms with E-state index in [1.165, 1.54) is 24.3 Å². The molecule has 1 aromatic rings. The van der Waals surface area contributed by atoms with E-state index in [1.807, 2.05) is 0 Å². The van der Waals surface area contributed by atoms with Gasteiger partial charge >= 0.3 is 5.97 Å². The van der Waals surface area contributed by atoms with Crippen LogP contribution in [0.25, 0.3) is 6.08 Å². The molecule has 1 rings (SSSR count). The molecule has 0 aliphatic heterocycles. The maximum atomic E-state index is 12.6. The summed E-state index contributed by atoms with van der Waals surface area (Å²) in [6.45, 7) is 0. The van der Waals surface area contributed by atoms with Crippen molar-refractivity contribution in [2.24, 2.45) is 0 Å². The topological polar surface area (TPSA) is 63.3 Å². The van der Waals surface area contributed by atoms with E-state index in [0.29, 0.717) is 5.56 Å². The first-order chi connectivity index (χ1) is 6.09. The lowest BCUT2D eigenvalue weighted by Crippen LogP contribution is -1.91. The lowest BCUT2D eigenvalue weighted by molar-refractivity contribution is -0.131. The number of nitrogens with two attached hydrogens (primary N) is 1. The minimum absolute atomic E-state index is 0.00698. The van der Waals surface area contributed by atoms with E-state index in [-0.39, 0.29) is 5.69 Å². The van der Waals surface area contributed by atoms with Gasteiger partial charge in [0.1, 0.15) is 5.82 Å². The van der Waals surface area contributed by atoms with E-state index in [9.17, 15) is 9.18 Å². The smallest absolute Gasteiger partial charge is 0.328 e. The summed E-state index contributed by atoms with van der Waals surface area (Å²) in [4.78, 5) is 10.1. The van der Waals surface area contributed by atoms with Crippen molar-refractivity contribution in [2.75, 3.05) is 5.73 Å². The number of carboxylic acids is 1. The maximum absolute atomic E-state index is 12.6. The van der Waals surface area contributed by atoms with Crippen LogP contribution in [0.4, 0.5) is 10.1 Å². The highest BCUT2D eigenvalue weighted by Gasteiger charge is 1.97. The molecule has 0 saturated carbocycles. The first-order valence-corrected chi connectivity index (χ1v) is 3.55. The van der Waals surface area contributed by atoms with Gasteiger partial charge in [0.2, 0.25) is 0 Å². The van der Waals surface area contributed by atoms with E-state index in [0.717, 1.165) is 6.08 Å². The van der Waals surface area contributed by atoms with E-state index in [2.05, 4.69) is 0 Å². The molecule has 4 heteroatoms. The molecule has 3 N–H and O–H groups in total. The van der Waals surface area contributed by atoms with Gasteiger partial charge in [0.05, 0.1) is 5.69 Å². The highest BCUT2D eigenvalue weighted by molar-refractivity contribution is 5.85. The Morgan fingerprint density at radius 3 is 2.77 bits per heavy atom. The van der Waals surface area contributed by atoms with Crippen molar-refractivity contribution in [3.05, 3.63) is 35.7 Å². The Morgan fingerprint density at radius 1 is 1.54 bits per heavy atom. The first kappa shape index (κ1) is 9.25. The van der Waals surface area contributed by atoms with E-state index in [4.69, 9.17) is 10.8 Å². The average molecular weight is 181 g/mol. The second kappa shape index (κ2) is 3.71. The Balaban J connectivity index is 2.92. The van der Waals surface area contributed by atoms with E-state index in [1.54, 1.807) is 0 Å². The van der Waals surface area contributed by atoms with Gasteiger partial charge < -0.3 is 10.8 Å². The van der Waals surface area contributed by atoms with Gasteiger partial charge in [-0.25, -0.2) is 9.18 Å². The Hall–Kier alpha value is -1.84. The van der Waals surface area contributed by atoms with Gasteiger partial charge in [-0.15, -0.1) is 0 Å². The zero-order chi connectivity index (χ0) is 9.84. The Morgan fingerprint density at radius 2 is 2.23 bits per heavy atom. The number of hydrogen-bond donors (Lipinski definition) is 2. The molecule has 0 atom stereocenters. The highest BCUT2D eigenvalue weighted by Crippen LogP contribution is 2.13. The third-order valence-electron chi connectivity index (χ3n) is 1.44. The number of aliphatic carboxylic acids is 1. The molecule has 0 radical (unpaired) electrons. The number of carboxylic acid groups (broad SMARTS) is 1. The number of carbonyl (C=O) groups is 1. The molecule has 0 aliphatic rings. The summed E-state index contributed by atoms with van der Waals surface area (Å²) in [5.41, 5.74) is 5.83. The van der Waals surface area contributed by atoms with Crippen molar-refractivity contribution < 1.29 is 14.3 Å². The normalized spacial score (nSPS) is 10.5. The van der Waals surface area contributed by atoms with E-state index >= 15 is 0 Å². The molecule has 68 valence electrons. The first-order valence-electron chi connectivity index (χ1n) is 3.55. The summed E-state index contributed by atoms with van der Waals surface area (Å²) in [5.74, 6) is -1.56. The molecule has 1 aromatic carbocycles. The minimum Gasteiger partial charge on any atom is -0.478 e. The summed E-state index contributed by atoms with van der Waals surface area (Å²) < 4.78 is 12.6. The minimum atomic E-state index is -1.05. The fraction of sp³-hybridized carbons (Fsp3) is 0. The molecule has 0 bridgehead atoms. The predicted octanol–water partition coefficient (Wildman–Crippen LogP) is 1.51. The average Bonchev–Trinajstić information content (AvgIpc) is 2.07. The molecule has 0 spiro atoms. The van der Waals surface area contributed by atoms with Crippen LogP contribution in [0.1, 0.15) is 5.56 Å². The third-order valence-corrected chi connectivity index (χ3v) is 1.44. The molecule has 0 amide bonds. The van der Waals surface area contributed by atoms with Crippen LogP contribution in [0, 0.1) is 5.82 Å². The molecule has 3 nitrogen and oxygen atoms in total. The molecule has 0 aliphatic carbocycles. The van der Waals surface area contributed by atoms with Crippen LogP contribution in [0.5, 0.6) is 0 Å². The van der Waals surface area contributed by atoms with Crippen LogP contribution in [0.3, 0.4) is 0 Å². The van der Waals surface area contributed by atoms with Gasteiger partial charge in [-0.05, 0) is 23.8 Å². The number of nitrogen functional groups attached to an aromatic ring is 1. The number of benzene rings is 1. The third kappa shape index (κ3) is 2.59. The zero-order valence-electron chi connectivity index (χ0n) is 6.70. The van der Waals surface area contributed by atoms with Crippen molar-refractivity contribution in [3.8, 4) is 0 Å². The SMILES string of the molecule is Nc1cc(C=CC(=O)O)ccc1F. The summed E-state index contributed by atoms with van der Waals surface area (Å²) in [7, 11) is 0. The quantitative estimate of drug-likeness (QED) is 0.536. The highest BCUT2D eigenvalue weighted by atomic mass is 19.1. The Bertz CT molecular complexity index is 361. The van der Waals surface area contributed by atoms with Crippen LogP contribution < -0.4 is 5.73 Å². The van der Waals surface area contributed by atoms with Crippen molar-refractivity contribution >= 4 is 17.7 Å². The lowest BCUT2D eigenvalue weighted by atomic mass is 10.2.